The van der Waals surface area contributed by atoms with E-state index in [0.29, 0.717) is 26.4 Å². The fourth-order valence-corrected chi connectivity index (χ4v) is 2.46. The summed E-state index contributed by atoms with van der Waals surface area (Å²) < 4.78 is 10.8. The first-order valence-electron chi connectivity index (χ1n) is 8.45. The van der Waals surface area contributed by atoms with E-state index in [1.807, 2.05) is 0 Å². The summed E-state index contributed by atoms with van der Waals surface area (Å²) in [6.07, 6.45) is 4.34. The van der Waals surface area contributed by atoms with E-state index >= 15 is 0 Å². The van der Waals surface area contributed by atoms with Gasteiger partial charge in [0, 0.05) is 13.2 Å². The van der Waals surface area contributed by atoms with Crippen LogP contribution in [0.4, 0.5) is 0 Å². The van der Waals surface area contributed by atoms with E-state index in [0.717, 1.165) is 31.9 Å². The van der Waals surface area contributed by atoms with E-state index in [1.165, 1.54) is 25.9 Å². The number of rotatable bonds is 12. The lowest BCUT2D eigenvalue weighted by atomic mass is 9.97. The fourth-order valence-electron chi connectivity index (χ4n) is 2.46. The van der Waals surface area contributed by atoms with Gasteiger partial charge in [0.15, 0.2) is 0 Å². The smallest absolute Gasteiger partial charge is 0.0897 e. The number of unbranched alkanes of at least 4 members (excludes halogenated alkanes) is 1. The van der Waals surface area contributed by atoms with Crippen LogP contribution in [0.15, 0.2) is 0 Å². The lowest BCUT2D eigenvalue weighted by molar-refractivity contribution is 0.00358. The molecule has 5 nitrogen and oxygen atoms in total. The standard InChI is InChI=1S/C16H34N2O3/c1-3-4-9-20-10-11-21-14-16(19)13-17-12-15-5-7-18(2)8-6-15/h15-17,19H,3-14H2,1-2H3. The second kappa shape index (κ2) is 12.4. The Balaban J connectivity index is 1.86. The number of nitrogens with one attached hydrogen (secondary N) is 1. The van der Waals surface area contributed by atoms with Crippen LogP contribution in [0.3, 0.4) is 0 Å². The van der Waals surface area contributed by atoms with Crippen LogP contribution in [0, 0.1) is 5.92 Å². The third-order valence-electron chi connectivity index (χ3n) is 3.98. The molecule has 0 aliphatic carbocycles. The summed E-state index contributed by atoms with van der Waals surface area (Å²) in [6, 6.07) is 0. The van der Waals surface area contributed by atoms with Crippen LogP contribution in [0.2, 0.25) is 0 Å². The SMILES string of the molecule is CCCCOCCOCC(O)CNCC1CCN(C)CC1. The normalized spacial score (nSPS) is 19.0. The van der Waals surface area contributed by atoms with Crippen LogP contribution in [-0.2, 0) is 9.47 Å². The molecule has 2 N–H and O–H groups in total. The minimum Gasteiger partial charge on any atom is -0.389 e. The molecule has 21 heavy (non-hydrogen) atoms. The van der Waals surface area contributed by atoms with Crippen molar-refractivity contribution in [1.29, 1.82) is 0 Å². The second-order valence-corrected chi connectivity index (χ2v) is 6.10. The molecule has 5 heteroatoms. The largest absolute Gasteiger partial charge is 0.389 e. The lowest BCUT2D eigenvalue weighted by Gasteiger charge is -2.29. The number of aliphatic hydroxyl groups excluding tert-OH is 1. The van der Waals surface area contributed by atoms with E-state index in [9.17, 15) is 5.11 Å². The number of likely N-dealkylation sites (tertiary alicyclic amines) is 1. The third kappa shape index (κ3) is 10.2. The Morgan fingerprint density at radius 3 is 2.62 bits per heavy atom. The molecule has 1 fully saturated rings. The van der Waals surface area contributed by atoms with Gasteiger partial charge in [-0.15, -0.1) is 0 Å². The molecule has 1 aliphatic rings. The third-order valence-corrected chi connectivity index (χ3v) is 3.98. The van der Waals surface area contributed by atoms with Crippen molar-refractivity contribution in [2.45, 2.75) is 38.7 Å². The summed E-state index contributed by atoms with van der Waals surface area (Å²) >= 11 is 0. The van der Waals surface area contributed by atoms with Crippen LogP contribution in [0.1, 0.15) is 32.6 Å². The molecule has 0 aromatic carbocycles. The Kier molecular flexibility index (Phi) is 11.1. The maximum atomic E-state index is 9.82. The highest BCUT2D eigenvalue weighted by molar-refractivity contribution is 4.72. The summed E-state index contributed by atoms with van der Waals surface area (Å²) in [7, 11) is 2.18. The van der Waals surface area contributed by atoms with Crippen LogP contribution in [0.25, 0.3) is 0 Å². The van der Waals surface area contributed by atoms with Gasteiger partial charge in [0.25, 0.3) is 0 Å². The summed E-state index contributed by atoms with van der Waals surface area (Å²) in [5, 5.41) is 13.2. The molecule has 0 radical (unpaired) electrons. The molecule has 0 saturated carbocycles. The molecule has 0 aromatic rings. The molecule has 0 aromatic heterocycles. The molecule has 1 atom stereocenters. The van der Waals surface area contributed by atoms with Crippen molar-refractivity contribution in [2.24, 2.45) is 5.92 Å². The average molecular weight is 302 g/mol. The number of nitrogens with zero attached hydrogens (tertiary/aromatic N) is 1. The molecule has 1 heterocycles. The van der Waals surface area contributed by atoms with Gasteiger partial charge in [0.1, 0.15) is 0 Å². The summed E-state index contributed by atoms with van der Waals surface area (Å²) in [5.74, 6) is 0.751. The van der Waals surface area contributed by atoms with Gasteiger partial charge in [0.2, 0.25) is 0 Å². The minimum absolute atomic E-state index is 0.386. The van der Waals surface area contributed by atoms with Crippen molar-refractivity contribution in [3.63, 3.8) is 0 Å². The molecule has 1 rings (SSSR count). The van der Waals surface area contributed by atoms with E-state index in [-0.39, 0.29) is 0 Å². The number of piperidine rings is 1. The molecule has 0 bridgehead atoms. The fraction of sp³-hybridized carbons (Fsp3) is 1.00. The van der Waals surface area contributed by atoms with Crippen LogP contribution < -0.4 is 5.32 Å². The first-order valence-corrected chi connectivity index (χ1v) is 8.45. The van der Waals surface area contributed by atoms with Crippen LogP contribution >= 0.6 is 0 Å². The zero-order valence-corrected chi connectivity index (χ0v) is 13.9. The summed E-state index contributed by atoms with van der Waals surface area (Å²) in [4.78, 5) is 2.38. The van der Waals surface area contributed by atoms with E-state index in [4.69, 9.17) is 9.47 Å². The van der Waals surface area contributed by atoms with Crippen LogP contribution in [-0.4, -0.2) is 75.8 Å². The predicted molar refractivity (Wildman–Crippen MR) is 85.6 cm³/mol. The Labute approximate surface area is 130 Å². The zero-order chi connectivity index (χ0) is 15.3. The molecule has 126 valence electrons. The predicted octanol–water partition coefficient (Wildman–Crippen LogP) is 1.11. The van der Waals surface area contributed by atoms with Gasteiger partial charge in [-0.1, -0.05) is 13.3 Å². The highest BCUT2D eigenvalue weighted by Gasteiger charge is 2.16. The van der Waals surface area contributed by atoms with Crippen LogP contribution in [0.5, 0.6) is 0 Å². The van der Waals surface area contributed by atoms with Crippen molar-refractivity contribution in [2.75, 3.05) is 59.7 Å². The molecular weight excluding hydrogens is 268 g/mol. The van der Waals surface area contributed by atoms with Crippen molar-refractivity contribution in [3.05, 3.63) is 0 Å². The lowest BCUT2D eigenvalue weighted by Crippen LogP contribution is -2.38. The minimum atomic E-state index is -0.424. The zero-order valence-electron chi connectivity index (χ0n) is 13.9. The first kappa shape index (κ1) is 18.8. The Hall–Kier alpha value is -0.200. The van der Waals surface area contributed by atoms with Gasteiger partial charge in [0.05, 0.1) is 25.9 Å². The molecule has 0 spiro atoms. The van der Waals surface area contributed by atoms with Gasteiger partial charge in [-0.2, -0.15) is 0 Å². The van der Waals surface area contributed by atoms with E-state index in [2.05, 4.69) is 24.2 Å². The quantitative estimate of drug-likeness (QED) is 0.529. The Morgan fingerprint density at radius 1 is 1.19 bits per heavy atom. The van der Waals surface area contributed by atoms with Crippen molar-refractivity contribution in [1.82, 2.24) is 10.2 Å². The monoisotopic (exact) mass is 302 g/mol. The maximum absolute atomic E-state index is 9.82. The van der Waals surface area contributed by atoms with Gasteiger partial charge >= 0.3 is 0 Å². The van der Waals surface area contributed by atoms with Gasteiger partial charge < -0.3 is 24.8 Å². The number of hydrogen-bond donors (Lipinski definition) is 2. The maximum Gasteiger partial charge on any atom is 0.0897 e. The molecule has 0 amide bonds. The Morgan fingerprint density at radius 2 is 1.90 bits per heavy atom. The molecule has 1 unspecified atom stereocenters. The van der Waals surface area contributed by atoms with Gasteiger partial charge in [-0.25, -0.2) is 0 Å². The number of ether oxygens (including phenoxy) is 2. The van der Waals surface area contributed by atoms with Crippen molar-refractivity contribution in [3.8, 4) is 0 Å². The highest BCUT2D eigenvalue weighted by atomic mass is 16.5. The first-order chi connectivity index (χ1) is 10.2. The van der Waals surface area contributed by atoms with Gasteiger partial charge in [-0.05, 0) is 51.9 Å². The molecular formula is C16H34N2O3. The average Bonchev–Trinajstić information content (AvgIpc) is 2.48. The Bertz CT molecular complexity index is 234. The number of hydrogen-bond acceptors (Lipinski definition) is 5. The second-order valence-electron chi connectivity index (χ2n) is 6.10. The van der Waals surface area contributed by atoms with E-state index in [1.54, 1.807) is 0 Å². The molecule has 1 aliphatic heterocycles. The van der Waals surface area contributed by atoms with E-state index < -0.39 is 6.10 Å². The van der Waals surface area contributed by atoms with Gasteiger partial charge in [-0.3, -0.25) is 0 Å². The summed E-state index contributed by atoms with van der Waals surface area (Å²) in [6.45, 7) is 8.53. The van der Waals surface area contributed by atoms with Crippen molar-refractivity contribution < 1.29 is 14.6 Å². The van der Waals surface area contributed by atoms with Crippen molar-refractivity contribution >= 4 is 0 Å². The summed E-state index contributed by atoms with van der Waals surface area (Å²) in [5.41, 5.74) is 0. The topological polar surface area (TPSA) is 54.0 Å². The highest BCUT2D eigenvalue weighted by Crippen LogP contribution is 2.14. The molecule has 1 saturated heterocycles. The number of aliphatic hydroxyl groups is 1.